The van der Waals surface area contributed by atoms with Crippen molar-refractivity contribution in [2.45, 2.75) is 48.1 Å². The lowest BCUT2D eigenvalue weighted by Crippen LogP contribution is -2.51. The smallest absolute Gasteiger partial charge is 0.162 e. The molecule has 10 heteroatoms. The minimum absolute atomic E-state index is 0.334. The molecule has 2 aliphatic carbocycles. The van der Waals surface area contributed by atoms with Gasteiger partial charge in [0.15, 0.2) is 11.5 Å². The number of nitrogens with two attached hydrogens (primary N) is 2. The molecule has 3 aromatic rings. The number of nitrogens with one attached hydrogen (secondary N) is 1. The van der Waals surface area contributed by atoms with E-state index in [1.165, 1.54) is 31.4 Å². The van der Waals surface area contributed by atoms with Crippen molar-refractivity contribution >= 4 is 28.4 Å². The highest BCUT2D eigenvalue weighted by Crippen LogP contribution is 2.51. The lowest BCUT2D eigenvalue weighted by atomic mass is 9.88. The van der Waals surface area contributed by atoms with Gasteiger partial charge in [-0.05, 0) is 54.9 Å². The Morgan fingerprint density at radius 1 is 0.950 bits per heavy atom. The third-order valence-corrected chi connectivity index (χ3v) is 11.2. The van der Waals surface area contributed by atoms with Crippen LogP contribution in [0, 0.1) is 11.8 Å². The Morgan fingerprint density at radius 3 is 2.33 bits per heavy atom. The Kier molecular flexibility index (Phi) is 6.79. The molecule has 6 atom stereocenters. The summed E-state index contributed by atoms with van der Waals surface area (Å²) in [4.78, 5) is 14.6. The summed E-state index contributed by atoms with van der Waals surface area (Å²) in [5, 5.41) is 4.19. The van der Waals surface area contributed by atoms with E-state index >= 15 is 0 Å². The summed E-state index contributed by atoms with van der Waals surface area (Å²) < 4.78 is 10.4. The lowest BCUT2D eigenvalue weighted by Gasteiger charge is -2.42. The van der Waals surface area contributed by atoms with Crippen molar-refractivity contribution in [1.82, 2.24) is 20.2 Å². The topological polar surface area (TPSA) is 115 Å². The van der Waals surface area contributed by atoms with E-state index in [2.05, 4.69) is 44.4 Å². The number of anilines is 1. The molecule has 40 heavy (non-hydrogen) atoms. The standard InChI is InChI=1S/C30H39N7O2S/c1-38-25-15-22-23(16-26(25)39-2)33-17-34-27(22)30(28(31)35-29(32)40-30)20-5-7-21(8-6-20)36-9-11-37(12-10-36)24-14-18-3-4-19(24)13-18/h5-8,15-19,24,28-29,35H,3-4,9-14,31-32H2,1-2H3. The van der Waals surface area contributed by atoms with Gasteiger partial charge in [-0.25, -0.2) is 9.97 Å². The largest absolute Gasteiger partial charge is 0.493 e. The van der Waals surface area contributed by atoms with E-state index in [4.69, 9.17) is 25.9 Å². The first-order chi connectivity index (χ1) is 19.5. The van der Waals surface area contributed by atoms with Gasteiger partial charge in [0.25, 0.3) is 0 Å². The van der Waals surface area contributed by atoms with E-state index < -0.39 is 10.9 Å². The number of hydrogen-bond acceptors (Lipinski definition) is 10. The molecule has 4 aliphatic rings. The van der Waals surface area contributed by atoms with Gasteiger partial charge in [0.05, 0.1) is 31.6 Å². The number of benzene rings is 2. The maximum absolute atomic E-state index is 6.82. The highest BCUT2D eigenvalue weighted by atomic mass is 32.2. The third kappa shape index (κ3) is 4.23. The van der Waals surface area contributed by atoms with Crippen LogP contribution in [0.15, 0.2) is 42.7 Å². The fourth-order valence-electron chi connectivity index (χ4n) is 7.76. The Labute approximate surface area is 240 Å². The number of thioether (sulfide) groups is 1. The zero-order valence-electron chi connectivity index (χ0n) is 23.3. The van der Waals surface area contributed by atoms with Crippen LogP contribution in [0.2, 0.25) is 0 Å². The quantitative estimate of drug-likeness (QED) is 0.415. The monoisotopic (exact) mass is 561 g/mol. The minimum Gasteiger partial charge on any atom is -0.493 e. The van der Waals surface area contributed by atoms with E-state index in [-0.39, 0.29) is 5.50 Å². The van der Waals surface area contributed by atoms with Crippen molar-refractivity contribution in [2.75, 3.05) is 45.3 Å². The molecular weight excluding hydrogens is 522 g/mol. The summed E-state index contributed by atoms with van der Waals surface area (Å²) in [5.74, 6) is 3.18. The van der Waals surface area contributed by atoms with Crippen LogP contribution in [0.4, 0.5) is 5.69 Å². The number of methoxy groups -OCH3 is 2. The summed E-state index contributed by atoms with van der Waals surface area (Å²) in [6.45, 7) is 4.43. The molecule has 2 bridgehead atoms. The SMILES string of the molecule is COc1cc2ncnc(C3(c4ccc(N5CCN(C6CC7CCC6C7)CC5)cc4)SC(N)NC3N)c2cc1OC. The Morgan fingerprint density at radius 2 is 1.70 bits per heavy atom. The van der Waals surface area contributed by atoms with Crippen LogP contribution in [0.1, 0.15) is 36.9 Å². The average Bonchev–Trinajstić information content (AvgIpc) is 3.71. The first-order valence-electron chi connectivity index (χ1n) is 14.4. The summed E-state index contributed by atoms with van der Waals surface area (Å²) in [5.41, 5.74) is 16.8. The predicted molar refractivity (Wildman–Crippen MR) is 160 cm³/mol. The summed E-state index contributed by atoms with van der Waals surface area (Å²) in [7, 11) is 3.26. The highest BCUT2D eigenvalue weighted by molar-refractivity contribution is 8.01. The molecule has 0 radical (unpaired) electrons. The van der Waals surface area contributed by atoms with E-state index in [1.807, 2.05) is 12.1 Å². The van der Waals surface area contributed by atoms with Gasteiger partial charge in [0, 0.05) is 49.4 Å². The molecule has 2 aromatic carbocycles. The second-order valence-electron chi connectivity index (χ2n) is 11.7. The predicted octanol–water partition coefficient (Wildman–Crippen LogP) is 3.06. The maximum Gasteiger partial charge on any atom is 0.162 e. The summed E-state index contributed by atoms with van der Waals surface area (Å²) in [6, 6.07) is 13.5. The number of fused-ring (bicyclic) bond motifs is 3. The van der Waals surface area contributed by atoms with Crippen molar-refractivity contribution < 1.29 is 9.47 Å². The van der Waals surface area contributed by atoms with E-state index in [0.29, 0.717) is 11.5 Å². The maximum atomic E-state index is 6.82. The van der Waals surface area contributed by atoms with Gasteiger partial charge in [0.2, 0.25) is 0 Å². The van der Waals surface area contributed by atoms with Crippen molar-refractivity contribution in [3.63, 3.8) is 0 Å². The number of nitrogens with zero attached hydrogens (tertiary/aromatic N) is 4. The van der Waals surface area contributed by atoms with E-state index in [9.17, 15) is 0 Å². The highest BCUT2D eigenvalue weighted by Gasteiger charge is 2.50. The van der Waals surface area contributed by atoms with Crippen molar-refractivity contribution in [3.8, 4) is 11.5 Å². The molecule has 6 unspecified atom stereocenters. The summed E-state index contributed by atoms with van der Waals surface area (Å²) >= 11 is 1.59. The molecule has 2 saturated carbocycles. The van der Waals surface area contributed by atoms with Crippen molar-refractivity contribution in [3.05, 3.63) is 54.0 Å². The number of piperazine rings is 1. The third-order valence-electron chi connectivity index (χ3n) is 9.73. The van der Waals surface area contributed by atoms with Crippen LogP contribution in [0.5, 0.6) is 11.5 Å². The van der Waals surface area contributed by atoms with E-state index in [0.717, 1.165) is 66.2 Å². The lowest BCUT2D eigenvalue weighted by molar-refractivity contribution is 0.135. The van der Waals surface area contributed by atoms with Gasteiger partial charge in [-0.1, -0.05) is 18.6 Å². The van der Waals surface area contributed by atoms with Gasteiger partial charge < -0.3 is 25.8 Å². The first kappa shape index (κ1) is 26.3. The zero-order valence-corrected chi connectivity index (χ0v) is 24.1. The number of rotatable bonds is 6. The van der Waals surface area contributed by atoms with Gasteiger partial charge in [-0.3, -0.25) is 10.2 Å². The fraction of sp³-hybridized carbons (Fsp3) is 0.533. The molecule has 9 nitrogen and oxygen atoms in total. The molecule has 1 aromatic heterocycles. The van der Waals surface area contributed by atoms with Crippen LogP contribution in [0.3, 0.4) is 0 Å². The van der Waals surface area contributed by atoms with Gasteiger partial charge in [0.1, 0.15) is 16.6 Å². The van der Waals surface area contributed by atoms with Crippen LogP contribution in [-0.2, 0) is 4.75 Å². The Hall–Kier alpha value is -2.63. The normalized spacial score (nSPS) is 32.2. The molecule has 2 aliphatic heterocycles. The number of ether oxygens (including phenoxy) is 2. The van der Waals surface area contributed by atoms with E-state index in [1.54, 1.807) is 32.3 Å². The number of aromatic nitrogens is 2. The second-order valence-corrected chi connectivity index (χ2v) is 13.1. The molecule has 0 spiro atoms. The Balaban J connectivity index is 1.18. The van der Waals surface area contributed by atoms with Crippen LogP contribution < -0.4 is 31.2 Å². The summed E-state index contributed by atoms with van der Waals surface area (Å²) in [6.07, 6.45) is 6.94. The van der Waals surface area contributed by atoms with Crippen LogP contribution in [0.25, 0.3) is 10.9 Å². The molecule has 4 fully saturated rings. The fourth-order valence-corrected chi connectivity index (χ4v) is 9.13. The molecule has 2 saturated heterocycles. The molecule has 0 amide bonds. The molecule has 7 rings (SSSR count). The first-order valence-corrected chi connectivity index (χ1v) is 15.3. The second kappa shape index (κ2) is 10.3. The molecular formula is C30H39N7O2S. The van der Waals surface area contributed by atoms with Crippen molar-refractivity contribution in [2.24, 2.45) is 23.3 Å². The van der Waals surface area contributed by atoms with Crippen LogP contribution >= 0.6 is 11.8 Å². The average molecular weight is 562 g/mol. The zero-order chi connectivity index (χ0) is 27.4. The van der Waals surface area contributed by atoms with Gasteiger partial charge >= 0.3 is 0 Å². The van der Waals surface area contributed by atoms with Gasteiger partial charge in [-0.15, -0.1) is 11.8 Å². The van der Waals surface area contributed by atoms with Crippen LogP contribution in [-0.4, -0.2) is 73.0 Å². The van der Waals surface area contributed by atoms with Crippen molar-refractivity contribution in [1.29, 1.82) is 0 Å². The molecule has 5 N–H and O–H groups in total. The Bertz CT molecular complexity index is 1380. The molecule has 212 valence electrons. The number of hydrogen-bond donors (Lipinski definition) is 3. The minimum atomic E-state index is -0.709. The van der Waals surface area contributed by atoms with Gasteiger partial charge in [-0.2, -0.15) is 0 Å². The molecule has 3 heterocycles.